The molecule has 1 aliphatic heterocycles. The van der Waals surface area contributed by atoms with E-state index < -0.39 is 5.60 Å². The molecule has 0 aromatic carbocycles. The molecule has 1 saturated heterocycles. The van der Waals surface area contributed by atoms with Gasteiger partial charge < -0.3 is 10.0 Å². The number of nitrogens with zero attached hydrogens (tertiary/aromatic N) is 2. The van der Waals surface area contributed by atoms with Crippen LogP contribution < -0.4 is 0 Å². The highest BCUT2D eigenvalue weighted by Crippen LogP contribution is 2.29. The minimum absolute atomic E-state index is 0.0896. The van der Waals surface area contributed by atoms with E-state index in [1.807, 2.05) is 26.8 Å². The Labute approximate surface area is 101 Å². The maximum absolute atomic E-state index is 11.9. The molecule has 94 valence electrons. The molecule has 1 aromatic heterocycles. The predicted octanol–water partition coefficient (Wildman–Crippen LogP) is 0.572. The van der Waals surface area contributed by atoms with E-state index in [2.05, 4.69) is 10.2 Å². The summed E-state index contributed by atoms with van der Waals surface area (Å²) in [5.41, 5.74) is -0.279. The number of β-amino-alcohol motifs (C(OH)–C–C–N with tert-alkyl or cyclic N) is 1. The number of likely N-dealkylation sites (tertiary alicyclic amines) is 1. The highest BCUT2D eigenvalue weighted by Gasteiger charge is 2.46. The lowest BCUT2D eigenvalue weighted by atomic mass is 9.85. The zero-order chi connectivity index (χ0) is 12.7. The molecule has 0 radical (unpaired) electrons. The highest BCUT2D eigenvalue weighted by molar-refractivity contribution is 5.82. The smallest absolute Gasteiger partial charge is 0.228 e. The molecule has 5 heteroatoms. The summed E-state index contributed by atoms with van der Waals surface area (Å²) in [5.74, 6) is 0.0896. The van der Waals surface area contributed by atoms with Gasteiger partial charge in [-0.3, -0.25) is 9.89 Å². The Balaban J connectivity index is 1.91. The van der Waals surface area contributed by atoms with Crippen LogP contribution in [-0.2, 0) is 11.2 Å². The van der Waals surface area contributed by atoms with Crippen LogP contribution in [0.5, 0.6) is 0 Å². The van der Waals surface area contributed by atoms with Crippen molar-refractivity contribution in [3.8, 4) is 0 Å². The van der Waals surface area contributed by atoms with Gasteiger partial charge >= 0.3 is 0 Å². The van der Waals surface area contributed by atoms with E-state index in [-0.39, 0.29) is 11.3 Å². The fourth-order valence-corrected chi connectivity index (χ4v) is 2.13. The van der Waals surface area contributed by atoms with Gasteiger partial charge in [0.05, 0.1) is 13.1 Å². The number of aromatic nitrogens is 2. The normalized spacial score (nSPS) is 18.9. The monoisotopic (exact) mass is 237 g/mol. The van der Waals surface area contributed by atoms with E-state index in [1.54, 1.807) is 11.1 Å². The lowest BCUT2D eigenvalue weighted by Crippen LogP contribution is -2.66. The van der Waals surface area contributed by atoms with E-state index >= 15 is 0 Å². The van der Waals surface area contributed by atoms with Crippen LogP contribution in [-0.4, -0.2) is 44.8 Å². The second-order valence-corrected chi connectivity index (χ2v) is 5.89. The van der Waals surface area contributed by atoms with E-state index in [0.717, 1.165) is 5.69 Å². The third kappa shape index (κ3) is 2.49. The van der Waals surface area contributed by atoms with Gasteiger partial charge in [0.1, 0.15) is 5.60 Å². The standard InChI is InChI=1S/C12H19N3O2/c1-11(2,3)10(16)15-7-12(17,8-15)6-9-4-5-13-14-9/h4-5,17H,6-8H2,1-3H3,(H,13,14). The van der Waals surface area contributed by atoms with Gasteiger partial charge in [0.15, 0.2) is 0 Å². The van der Waals surface area contributed by atoms with Crippen LogP contribution >= 0.6 is 0 Å². The molecule has 2 rings (SSSR count). The lowest BCUT2D eigenvalue weighted by molar-refractivity contribution is -0.163. The fraction of sp³-hybridized carbons (Fsp3) is 0.667. The molecule has 0 unspecified atom stereocenters. The molecular weight excluding hydrogens is 218 g/mol. The number of aromatic amines is 1. The van der Waals surface area contributed by atoms with Crippen molar-refractivity contribution in [3.05, 3.63) is 18.0 Å². The fourth-order valence-electron chi connectivity index (χ4n) is 2.13. The van der Waals surface area contributed by atoms with Gasteiger partial charge in [-0.15, -0.1) is 0 Å². The quantitative estimate of drug-likeness (QED) is 0.790. The van der Waals surface area contributed by atoms with Gasteiger partial charge in [-0.05, 0) is 6.07 Å². The molecule has 1 aliphatic rings. The molecule has 0 bridgehead atoms. The molecule has 1 fully saturated rings. The molecule has 0 atom stereocenters. The van der Waals surface area contributed by atoms with E-state index in [9.17, 15) is 9.90 Å². The number of nitrogens with one attached hydrogen (secondary N) is 1. The molecule has 5 nitrogen and oxygen atoms in total. The Bertz CT molecular complexity index is 400. The third-order valence-corrected chi connectivity index (χ3v) is 2.98. The van der Waals surface area contributed by atoms with Crippen molar-refractivity contribution >= 4 is 5.91 Å². The number of aliphatic hydroxyl groups is 1. The van der Waals surface area contributed by atoms with Gasteiger partial charge in [0, 0.05) is 23.7 Å². The second kappa shape index (κ2) is 3.84. The number of hydrogen-bond donors (Lipinski definition) is 2. The zero-order valence-corrected chi connectivity index (χ0v) is 10.5. The summed E-state index contributed by atoms with van der Waals surface area (Å²) in [6, 6.07) is 1.84. The summed E-state index contributed by atoms with van der Waals surface area (Å²) in [6.07, 6.45) is 2.18. The average molecular weight is 237 g/mol. The first kappa shape index (κ1) is 12.1. The lowest BCUT2D eigenvalue weighted by Gasteiger charge is -2.48. The molecule has 1 amide bonds. The third-order valence-electron chi connectivity index (χ3n) is 2.98. The van der Waals surface area contributed by atoms with Crippen LogP contribution in [0.25, 0.3) is 0 Å². The number of amides is 1. The van der Waals surface area contributed by atoms with E-state index in [1.165, 1.54) is 0 Å². The molecular formula is C12H19N3O2. The minimum atomic E-state index is -0.798. The Morgan fingerprint density at radius 3 is 2.71 bits per heavy atom. The number of carbonyl (C=O) groups excluding carboxylic acids is 1. The van der Waals surface area contributed by atoms with Gasteiger partial charge in [0.2, 0.25) is 5.91 Å². The summed E-state index contributed by atoms with van der Waals surface area (Å²) in [6.45, 7) is 6.48. The molecule has 17 heavy (non-hydrogen) atoms. The zero-order valence-electron chi connectivity index (χ0n) is 10.5. The van der Waals surface area contributed by atoms with Crippen molar-refractivity contribution in [1.29, 1.82) is 0 Å². The Morgan fingerprint density at radius 1 is 1.59 bits per heavy atom. The molecule has 0 saturated carbocycles. The Kier molecular flexibility index (Phi) is 2.73. The molecule has 2 heterocycles. The molecule has 0 aliphatic carbocycles. The Hall–Kier alpha value is -1.36. The maximum Gasteiger partial charge on any atom is 0.228 e. The van der Waals surface area contributed by atoms with Gasteiger partial charge in [-0.1, -0.05) is 20.8 Å². The highest BCUT2D eigenvalue weighted by atomic mass is 16.3. The van der Waals surface area contributed by atoms with Crippen LogP contribution in [0.2, 0.25) is 0 Å². The van der Waals surface area contributed by atoms with Gasteiger partial charge in [-0.2, -0.15) is 5.10 Å². The van der Waals surface area contributed by atoms with Crippen LogP contribution in [0.3, 0.4) is 0 Å². The Morgan fingerprint density at radius 2 is 2.24 bits per heavy atom. The first-order valence-electron chi connectivity index (χ1n) is 5.80. The van der Waals surface area contributed by atoms with Crippen molar-refractivity contribution in [1.82, 2.24) is 15.1 Å². The van der Waals surface area contributed by atoms with Gasteiger partial charge in [0.25, 0.3) is 0 Å². The molecule has 0 spiro atoms. The van der Waals surface area contributed by atoms with Crippen LogP contribution in [0.15, 0.2) is 12.3 Å². The first-order valence-corrected chi connectivity index (χ1v) is 5.80. The molecule has 1 aromatic rings. The summed E-state index contributed by atoms with van der Waals surface area (Å²) in [5, 5.41) is 16.9. The SMILES string of the molecule is CC(C)(C)C(=O)N1CC(O)(Cc2ccn[nH]2)C1. The molecule has 2 N–H and O–H groups in total. The van der Waals surface area contributed by atoms with Crippen LogP contribution in [0.1, 0.15) is 26.5 Å². The van der Waals surface area contributed by atoms with Crippen molar-refractivity contribution in [2.24, 2.45) is 5.41 Å². The largest absolute Gasteiger partial charge is 0.386 e. The van der Waals surface area contributed by atoms with Gasteiger partial charge in [-0.25, -0.2) is 0 Å². The van der Waals surface area contributed by atoms with Crippen LogP contribution in [0, 0.1) is 5.41 Å². The first-order chi connectivity index (χ1) is 7.80. The van der Waals surface area contributed by atoms with Crippen molar-refractivity contribution in [3.63, 3.8) is 0 Å². The summed E-state index contributed by atoms with van der Waals surface area (Å²) in [4.78, 5) is 13.6. The van der Waals surface area contributed by atoms with E-state index in [4.69, 9.17) is 0 Å². The minimum Gasteiger partial charge on any atom is -0.386 e. The van der Waals surface area contributed by atoms with Crippen LogP contribution in [0.4, 0.5) is 0 Å². The maximum atomic E-state index is 11.9. The summed E-state index contributed by atoms with van der Waals surface area (Å²) in [7, 11) is 0. The number of H-pyrrole nitrogens is 1. The topological polar surface area (TPSA) is 69.2 Å². The summed E-state index contributed by atoms with van der Waals surface area (Å²) < 4.78 is 0. The van der Waals surface area contributed by atoms with Crippen molar-refractivity contribution < 1.29 is 9.90 Å². The van der Waals surface area contributed by atoms with E-state index in [0.29, 0.717) is 19.5 Å². The predicted molar refractivity (Wildman–Crippen MR) is 63.3 cm³/mol. The number of rotatable bonds is 2. The van der Waals surface area contributed by atoms with Crippen molar-refractivity contribution in [2.75, 3.05) is 13.1 Å². The summed E-state index contributed by atoms with van der Waals surface area (Å²) >= 11 is 0. The van der Waals surface area contributed by atoms with Crippen molar-refractivity contribution in [2.45, 2.75) is 32.8 Å². The second-order valence-electron chi connectivity index (χ2n) is 5.89. The number of carbonyl (C=O) groups is 1. The number of hydrogen-bond acceptors (Lipinski definition) is 3. The average Bonchev–Trinajstić information content (AvgIpc) is 2.63.